The summed E-state index contributed by atoms with van der Waals surface area (Å²) < 4.78 is 10.4. The van der Waals surface area contributed by atoms with Crippen LogP contribution in [0.15, 0.2) is 47.5 Å². The summed E-state index contributed by atoms with van der Waals surface area (Å²) in [5.41, 5.74) is 8.79. The lowest BCUT2D eigenvalue weighted by Crippen LogP contribution is -1.92. The summed E-state index contributed by atoms with van der Waals surface area (Å²) in [6.07, 6.45) is 6.68. The summed E-state index contributed by atoms with van der Waals surface area (Å²) in [5, 5.41) is 4.04. The molecule has 3 aromatic rings. The van der Waals surface area contributed by atoms with Gasteiger partial charge in [-0.3, -0.25) is 9.97 Å². The van der Waals surface area contributed by atoms with Gasteiger partial charge in [-0.2, -0.15) is 0 Å². The Labute approximate surface area is 115 Å². The van der Waals surface area contributed by atoms with Crippen molar-refractivity contribution in [3.63, 3.8) is 0 Å². The highest BCUT2D eigenvalue weighted by Crippen LogP contribution is 2.38. The largest absolute Gasteiger partial charge is 0.494 e. The van der Waals surface area contributed by atoms with E-state index < -0.39 is 0 Å². The molecule has 0 aliphatic rings. The minimum atomic E-state index is 0.242. The molecule has 100 valence electrons. The number of pyridine rings is 2. The summed E-state index contributed by atoms with van der Waals surface area (Å²) in [6, 6.07) is 5.53. The number of anilines is 1. The molecule has 3 rings (SSSR count). The Balaban J connectivity index is 2.22. The zero-order chi connectivity index (χ0) is 13.9. The number of rotatable bonds is 3. The Morgan fingerprint density at radius 1 is 1.15 bits per heavy atom. The van der Waals surface area contributed by atoms with Crippen molar-refractivity contribution in [1.82, 2.24) is 15.1 Å². The zero-order valence-corrected chi connectivity index (χ0v) is 10.8. The maximum atomic E-state index is 5.89. The second-order valence-electron chi connectivity index (χ2n) is 4.09. The molecule has 0 bridgehead atoms. The predicted molar refractivity (Wildman–Crippen MR) is 73.9 cm³/mol. The van der Waals surface area contributed by atoms with E-state index >= 15 is 0 Å². The fourth-order valence-corrected chi connectivity index (χ4v) is 2.01. The number of hydrogen-bond acceptors (Lipinski definition) is 6. The monoisotopic (exact) mass is 268 g/mol. The SMILES string of the molecule is COc1cnccc1-c1noc(N)c1-c1cccnc1. The van der Waals surface area contributed by atoms with E-state index in [1.54, 1.807) is 38.0 Å². The second-order valence-corrected chi connectivity index (χ2v) is 4.09. The molecule has 0 radical (unpaired) electrons. The smallest absolute Gasteiger partial charge is 0.230 e. The first-order valence-corrected chi connectivity index (χ1v) is 5.95. The first kappa shape index (κ1) is 12.2. The summed E-state index contributed by atoms with van der Waals surface area (Å²) in [5.74, 6) is 0.845. The lowest BCUT2D eigenvalue weighted by molar-refractivity contribution is 0.412. The van der Waals surface area contributed by atoms with Gasteiger partial charge in [-0.05, 0) is 12.1 Å². The summed E-state index contributed by atoms with van der Waals surface area (Å²) in [4.78, 5) is 8.11. The highest BCUT2D eigenvalue weighted by molar-refractivity contribution is 5.88. The molecular weight excluding hydrogens is 256 g/mol. The molecular formula is C14H12N4O2. The van der Waals surface area contributed by atoms with E-state index in [4.69, 9.17) is 15.0 Å². The molecule has 0 saturated heterocycles. The van der Waals surface area contributed by atoms with Crippen LogP contribution in [-0.2, 0) is 0 Å². The highest BCUT2D eigenvalue weighted by Gasteiger charge is 2.20. The third-order valence-electron chi connectivity index (χ3n) is 2.93. The van der Waals surface area contributed by atoms with Gasteiger partial charge in [0, 0.05) is 29.7 Å². The number of hydrogen-bond donors (Lipinski definition) is 1. The standard InChI is InChI=1S/C14H12N4O2/c1-19-11-8-17-6-4-10(11)13-12(14(15)20-18-13)9-3-2-5-16-7-9/h2-8H,15H2,1H3. The van der Waals surface area contributed by atoms with Crippen LogP contribution in [-0.4, -0.2) is 22.2 Å². The van der Waals surface area contributed by atoms with Gasteiger partial charge in [0.25, 0.3) is 0 Å². The van der Waals surface area contributed by atoms with Crippen molar-refractivity contribution >= 4 is 5.88 Å². The number of methoxy groups -OCH3 is 1. The van der Waals surface area contributed by atoms with Gasteiger partial charge in [0.15, 0.2) is 0 Å². The third kappa shape index (κ3) is 1.97. The van der Waals surface area contributed by atoms with Crippen LogP contribution in [0.5, 0.6) is 5.75 Å². The number of nitrogens with zero attached hydrogens (tertiary/aromatic N) is 3. The lowest BCUT2D eigenvalue weighted by atomic mass is 10.0. The molecule has 0 amide bonds. The van der Waals surface area contributed by atoms with Gasteiger partial charge in [0.2, 0.25) is 5.88 Å². The number of aromatic nitrogens is 3. The average molecular weight is 268 g/mol. The molecule has 0 unspecified atom stereocenters. The van der Waals surface area contributed by atoms with Gasteiger partial charge in [-0.15, -0.1) is 0 Å². The van der Waals surface area contributed by atoms with Gasteiger partial charge in [0.05, 0.1) is 18.9 Å². The van der Waals surface area contributed by atoms with E-state index in [-0.39, 0.29) is 5.88 Å². The van der Waals surface area contributed by atoms with Crippen LogP contribution in [0.25, 0.3) is 22.4 Å². The van der Waals surface area contributed by atoms with Crippen LogP contribution < -0.4 is 10.5 Å². The van der Waals surface area contributed by atoms with Crippen molar-refractivity contribution in [2.24, 2.45) is 0 Å². The third-order valence-corrected chi connectivity index (χ3v) is 2.93. The van der Waals surface area contributed by atoms with E-state index in [9.17, 15) is 0 Å². The minimum absolute atomic E-state index is 0.242. The molecule has 20 heavy (non-hydrogen) atoms. The molecule has 2 N–H and O–H groups in total. The van der Waals surface area contributed by atoms with Crippen molar-refractivity contribution in [3.8, 4) is 28.1 Å². The van der Waals surface area contributed by atoms with Crippen molar-refractivity contribution in [2.45, 2.75) is 0 Å². The van der Waals surface area contributed by atoms with Gasteiger partial charge in [0.1, 0.15) is 11.4 Å². The first-order chi connectivity index (χ1) is 9.81. The van der Waals surface area contributed by atoms with Crippen LogP contribution in [0.1, 0.15) is 0 Å². The van der Waals surface area contributed by atoms with Gasteiger partial charge >= 0.3 is 0 Å². The minimum Gasteiger partial charge on any atom is -0.494 e. The first-order valence-electron chi connectivity index (χ1n) is 5.95. The zero-order valence-electron chi connectivity index (χ0n) is 10.8. The molecule has 6 nitrogen and oxygen atoms in total. The molecule has 6 heteroatoms. The van der Waals surface area contributed by atoms with Crippen molar-refractivity contribution < 1.29 is 9.26 Å². The van der Waals surface area contributed by atoms with E-state index in [1.807, 2.05) is 12.1 Å². The number of nitrogens with two attached hydrogens (primary N) is 1. The predicted octanol–water partition coefficient (Wildman–Crippen LogP) is 2.39. The molecule has 0 aliphatic heterocycles. The fraction of sp³-hybridized carbons (Fsp3) is 0.0714. The molecule has 0 aliphatic carbocycles. The Morgan fingerprint density at radius 3 is 2.75 bits per heavy atom. The van der Waals surface area contributed by atoms with Gasteiger partial charge in [-0.1, -0.05) is 11.2 Å². The van der Waals surface area contributed by atoms with Crippen LogP contribution in [0, 0.1) is 0 Å². The highest BCUT2D eigenvalue weighted by atomic mass is 16.5. The van der Waals surface area contributed by atoms with Crippen LogP contribution in [0.2, 0.25) is 0 Å². The molecule has 0 saturated carbocycles. The van der Waals surface area contributed by atoms with E-state index in [1.165, 1.54) is 0 Å². The van der Waals surface area contributed by atoms with E-state index in [0.29, 0.717) is 17.0 Å². The summed E-state index contributed by atoms with van der Waals surface area (Å²) in [7, 11) is 1.58. The molecule has 0 atom stereocenters. The molecule has 3 aromatic heterocycles. The Hall–Kier alpha value is -2.89. The Bertz CT molecular complexity index is 725. The van der Waals surface area contributed by atoms with E-state index in [0.717, 1.165) is 11.1 Å². The summed E-state index contributed by atoms with van der Waals surface area (Å²) >= 11 is 0. The van der Waals surface area contributed by atoms with Crippen molar-refractivity contribution in [2.75, 3.05) is 12.8 Å². The lowest BCUT2D eigenvalue weighted by Gasteiger charge is -2.06. The fourth-order valence-electron chi connectivity index (χ4n) is 2.01. The van der Waals surface area contributed by atoms with Gasteiger partial charge < -0.3 is 15.0 Å². The maximum absolute atomic E-state index is 5.89. The molecule has 0 fully saturated rings. The van der Waals surface area contributed by atoms with Crippen molar-refractivity contribution in [3.05, 3.63) is 43.0 Å². The van der Waals surface area contributed by atoms with E-state index in [2.05, 4.69) is 15.1 Å². The number of nitrogen functional groups attached to an aromatic ring is 1. The Morgan fingerprint density at radius 2 is 2.00 bits per heavy atom. The second kappa shape index (κ2) is 5.00. The summed E-state index contributed by atoms with van der Waals surface area (Å²) in [6.45, 7) is 0. The number of ether oxygens (including phenoxy) is 1. The molecule has 0 aromatic carbocycles. The van der Waals surface area contributed by atoms with Crippen LogP contribution >= 0.6 is 0 Å². The van der Waals surface area contributed by atoms with Crippen molar-refractivity contribution in [1.29, 1.82) is 0 Å². The molecule has 0 spiro atoms. The van der Waals surface area contributed by atoms with Crippen LogP contribution in [0.4, 0.5) is 5.88 Å². The average Bonchev–Trinajstić information content (AvgIpc) is 2.89. The Kier molecular flexibility index (Phi) is 3.04. The topological polar surface area (TPSA) is 87.1 Å². The normalized spacial score (nSPS) is 10.4. The van der Waals surface area contributed by atoms with Crippen LogP contribution in [0.3, 0.4) is 0 Å². The maximum Gasteiger partial charge on any atom is 0.230 e. The molecule has 3 heterocycles. The van der Waals surface area contributed by atoms with Gasteiger partial charge in [-0.25, -0.2) is 0 Å². The quantitative estimate of drug-likeness (QED) is 0.784.